The monoisotopic (exact) mass is 302 g/mol. The van der Waals surface area contributed by atoms with Crippen molar-refractivity contribution in [2.75, 3.05) is 12.4 Å². The molecule has 0 saturated heterocycles. The molecular formula is C12H18N2O3S2. The van der Waals surface area contributed by atoms with Crippen LogP contribution < -0.4 is 5.32 Å². The van der Waals surface area contributed by atoms with Crippen LogP contribution in [0.15, 0.2) is 9.72 Å². The Labute approximate surface area is 121 Å². The predicted molar refractivity (Wildman–Crippen MR) is 76.5 cm³/mol. The number of nitrogens with one attached hydrogen (secondary N) is 1. The van der Waals surface area contributed by atoms with Crippen LogP contribution in [0.4, 0.5) is 0 Å². The molecule has 0 aliphatic carbocycles. The van der Waals surface area contributed by atoms with Crippen molar-refractivity contribution in [2.45, 2.75) is 37.6 Å². The molecule has 1 aromatic heterocycles. The van der Waals surface area contributed by atoms with Gasteiger partial charge in [-0.3, -0.25) is 9.59 Å². The predicted octanol–water partition coefficient (Wildman–Crippen LogP) is 1.87. The van der Waals surface area contributed by atoms with Gasteiger partial charge in [-0.2, -0.15) is 0 Å². The van der Waals surface area contributed by atoms with Gasteiger partial charge >= 0.3 is 5.97 Å². The lowest BCUT2D eigenvalue weighted by atomic mass is 10.3. The summed E-state index contributed by atoms with van der Waals surface area (Å²) in [6.45, 7) is 5.99. The van der Waals surface area contributed by atoms with Crippen LogP contribution in [-0.4, -0.2) is 35.3 Å². The summed E-state index contributed by atoms with van der Waals surface area (Å²) in [5, 5.41) is 4.63. The van der Waals surface area contributed by atoms with E-state index in [0.717, 1.165) is 4.34 Å². The molecule has 1 N–H and O–H groups in total. The van der Waals surface area contributed by atoms with Crippen molar-refractivity contribution < 1.29 is 14.3 Å². The molecule has 0 aliphatic rings. The van der Waals surface area contributed by atoms with E-state index in [1.165, 1.54) is 23.1 Å². The van der Waals surface area contributed by atoms with Gasteiger partial charge in [0.15, 0.2) is 4.34 Å². The molecule has 5 nitrogen and oxygen atoms in total. The molecule has 0 aliphatic heterocycles. The third-order valence-corrected chi connectivity index (χ3v) is 4.01. The van der Waals surface area contributed by atoms with Crippen LogP contribution in [0.2, 0.25) is 0 Å². The van der Waals surface area contributed by atoms with Crippen molar-refractivity contribution >= 4 is 35.0 Å². The van der Waals surface area contributed by atoms with E-state index >= 15 is 0 Å². The number of esters is 1. The third-order valence-electron chi connectivity index (χ3n) is 1.94. The topological polar surface area (TPSA) is 68.3 Å². The van der Waals surface area contributed by atoms with Crippen LogP contribution in [0.5, 0.6) is 0 Å². The standard InChI is InChI=1S/C12H18N2O3S2/c1-4-17-11(16)5-9-6-18-12(14-9)19-7-10(15)13-8(2)3/h6,8H,4-5,7H2,1-3H3,(H,13,15). The van der Waals surface area contributed by atoms with Crippen LogP contribution in [0.1, 0.15) is 26.5 Å². The third kappa shape index (κ3) is 6.58. The normalized spacial score (nSPS) is 10.5. The van der Waals surface area contributed by atoms with E-state index in [2.05, 4.69) is 10.3 Å². The van der Waals surface area contributed by atoms with E-state index < -0.39 is 0 Å². The van der Waals surface area contributed by atoms with Gasteiger partial charge in [0.25, 0.3) is 0 Å². The maximum absolute atomic E-state index is 11.5. The van der Waals surface area contributed by atoms with Crippen molar-refractivity contribution in [1.29, 1.82) is 0 Å². The minimum absolute atomic E-state index is 0.0119. The number of ether oxygens (including phenoxy) is 1. The van der Waals surface area contributed by atoms with E-state index in [1.807, 2.05) is 19.2 Å². The van der Waals surface area contributed by atoms with Gasteiger partial charge in [0, 0.05) is 11.4 Å². The van der Waals surface area contributed by atoms with Crippen LogP contribution in [0.25, 0.3) is 0 Å². The first kappa shape index (κ1) is 16.0. The molecule has 106 valence electrons. The van der Waals surface area contributed by atoms with Gasteiger partial charge < -0.3 is 10.1 Å². The van der Waals surface area contributed by atoms with E-state index in [9.17, 15) is 9.59 Å². The van der Waals surface area contributed by atoms with Gasteiger partial charge in [-0.15, -0.1) is 11.3 Å². The van der Waals surface area contributed by atoms with Crippen molar-refractivity contribution in [3.63, 3.8) is 0 Å². The highest BCUT2D eigenvalue weighted by Crippen LogP contribution is 2.22. The fourth-order valence-corrected chi connectivity index (χ4v) is 2.94. The smallest absolute Gasteiger partial charge is 0.311 e. The second-order valence-corrected chi connectivity index (χ2v) is 6.18. The summed E-state index contributed by atoms with van der Waals surface area (Å²) in [5.41, 5.74) is 0.690. The number of carbonyl (C=O) groups is 2. The maximum Gasteiger partial charge on any atom is 0.311 e. The molecule has 0 radical (unpaired) electrons. The zero-order chi connectivity index (χ0) is 14.3. The summed E-state index contributed by atoms with van der Waals surface area (Å²) in [7, 11) is 0. The van der Waals surface area contributed by atoms with Crippen LogP contribution in [-0.2, 0) is 20.7 Å². The number of carbonyl (C=O) groups excluding carboxylic acids is 2. The SMILES string of the molecule is CCOC(=O)Cc1csc(SCC(=O)NC(C)C)n1. The van der Waals surface area contributed by atoms with E-state index in [4.69, 9.17) is 4.74 Å². The molecular weight excluding hydrogens is 284 g/mol. The molecule has 0 atom stereocenters. The van der Waals surface area contributed by atoms with Crippen molar-refractivity contribution in [3.05, 3.63) is 11.1 Å². The Morgan fingerprint density at radius 3 is 2.89 bits per heavy atom. The lowest BCUT2D eigenvalue weighted by Gasteiger charge is -2.06. The second kappa shape index (κ2) is 8.16. The summed E-state index contributed by atoms with van der Waals surface area (Å²) >= 11 is 2.81. The number of hydrogen-bond acceptors (Lipinski definition) is 6. The Hall–Kier alpha value is -1.08. The molecule has 1 heterocycles. The van der Waals surface area contributed by atoms with Gasteiger partial charge in [-0.1, -0.05) is 11.8 Å². The van der Waals surface area contributed by atoms with Crippen LogP contribution in [0.3, 0.4) is 0 Å². The molecule has 1 rings (SSSR count). The molecule has 19 heavy (non-hydrogen) atoms. The van der Waals surface area contributed by atoms with Gasteiger partial charge in [0.1, 0.15) is 0 Å². The number of aromatic nitrogens is 1. The lowest BCUT2D eigenvalue weighted by Crippen LogP contribution is -2.31. The first-order valence-corrected chi connectivity index (χ1v) is 7.90. The Morgan fingerprint density at radius 2 is 2.26 bits per heavy atom. The number of nitrogens with zero attached hydrogens (tertiary/aromatic N) is 1. The van der Waals surface area contributed by atoms with Crippen molar-refractivity contribution in [1.82, 2.24) is 10.3 Å². The zero-order valence-electron chi connectivity index (χ0n) is 11.3. The summed E-state index contributed by atoms with van der Waals surface area (Å²) in [5.74, 6) is 0.0499. The highest BCUT2D eigenvalue weighted by Gasteiger charge is 2.10. The zero-order valence-corrected chi connectivity index (χ0v) is 12.9. The van der Waals surface area contributed by atoms with Crippen LogP contribution in [0, 0.1) is 0 Å². The highest BCUT2D eigenvalue weighted by atomic mass is 32.2. The van der Waals surface area contributed by atoms with E-state index in [0.29, 0.717) is 18.1 Å². The molecule has 0 aromatic carbocycles. The number of thioether (sulfide) groups is 1. The van der Waals surface area contributed by atoms with E-state index in [1.54, 1.807) is 6.92 Å². The number of rotatable bonds is 7. The van der Waals surface area contributed by atoms with Gasteiger partial charge in [0.05, 0.1) is 24.5 Å². The average molecular weight is 302 g/mol. The Balaban J connectivity index is 2.38. The highest BCUT2D eigenvalue weighted by molar-refractivity contribution is 8.01. The second-order valence-electron chi connectivity index (χ2n) is 4.10. The first-order chi connectivity index (χ1) is 9.01. The fourth-order valence-electron chi connectivity index (χ4n) is 1.29. The Kier molecular flexibility index (Phi) is 6.86. The van der Waals surface area contributed by atoms with Gasteiger partial charge in [0.2, 0.25) is 5.91 Å². The number of amides is 1. The van der Waals surface area contributed by atoms with Crippen molar-refractivity contribution in [3.8, 4) is 0 Å². The molecule has 0 unspecified atom stereocenters. The maximum atomic E-state index is 11.5. The van der Waals surface area contributed by atoms with Crippen molar-refractivity contribution in [2.24, 2.45) is 0 Å². The van der Waals surface area contributed by atoms with E-state index in [-0.39, 0.29) is 24.3 Å². The summed E-state index contributed by atoms with van der Waals surface area (Å²) < 4.78 is 5.64. The Bertz CT molecular complexity index is 432. The largest absolute Gasteiger partial charge is 0.466 e. The minimum atomic E-state index is -0.276. The molecule has 0 fully saturated rings. The molecule has 7 heteroatoms. The quantitative estimate of drug-likeness (QED) is 0.615. The summed E-state index contributed by atoms with van der Waals surface area (Å²) in [6, 6.07) is 0.142. The molecule has 0 bridgehead atoms. The minimum Gasteiger partial charge on any atom is -0.466 e. The summed E-state index contributed by atoms with van der Waals surface area (Å²) in [4.78, 5) is 27.0. The summed E-state index contributed by atoms with van der Waals surface area (Å²) in [6.07, 6.45) is 0.184. The lowest BCUT2D eigenvalue weighted by molar-refractivity contribution is -0.142. The first-order valence-electron chi connectivity index (χ1n) is 6.03. The molecule has 0 saturated carbocycles. The molecule has 0 spiro atoms. The molecule has 1 aromatic rings. The Morgan fingerprint density at radius 1 is 1.53 bits per heavy atom. The average Bonchev–Trinajstić information content (AvgIpc) is 2.73. The fraction of sp³-hybridized carbons (Fsp3) is 0.583. The van der Waals surface area contributed by atoms with Gasteiger partial charge in [-0.05, 0) is 20.8 Å². The van der Waals surface area contributed by atoms with Gasteiger partial charge in [-0.25, -0.2) is 4.98 Å². The number of thiazole rings is 1. The molecule has 1 amide bonds. The van der Waals surface area contributed by atoms with Crippen LogP contribution >= 0.6 is 23.1 Å². The number of hydrogen-bond donors (Lipinski definition) is 1.